The average Bonchev–Trinajstić information content (AvgIpc) is 2.72. The van der Waals surface area contributed by atoms with Crippen molar-refractivity contribution in [3.63, 3.8) is 0 Å². The first-order valence-electron chi connectivity index (χ1n) is 4.08. The molecule has 14 heavy (non-hydrogen) atoms. The Morgan fingerprint density at radius 3 is 2.86 bits per heavy atom. The van der Waals surface area contributed by atoms with E-state index in [-0.39, 0.29) is 0 Å². The Morgan fingerprint density at radius 1 is 1.29 bits per heavy atom. The highest BCUT2D eigenvalue weighted by Crippen LogP contribution is 2.02. The second-order valence-electron chi connectivity index (χ2n) is 2.61. The molecule has 0 amide bonds. The van der Waals surface area contributed by atoms with Crippen LogP contribution in [-0.2, 0) is 0 Å². The summed E-state index contributed by atoms with van der Waals surface area (Å²) in [5, 5.41) is 2.97. The zero-order valence-corrected chi connectivity index (χ0v) is 8.08. The van der Waals surface area contributed by atoms with Crippen molar-refractivity contribution in [3.05, 3.63) is 42.6 Å². The third-order valence-corrected chi connectivity index (χ3v) is 1.92. The second-order valence-corrected chi connectivity index (χ2v) is 3.02. The van der Waals surface area contributed by atoms with Gasteiger partial charge in [0.25, 0.3) is 0 Å². The molecule has 0 saturated carbocycles. The van der Waals surface area contributed by atoms with Crippen molar-refractivity contribution in [1.29, 1.82) is 0 Å². The maximum Gasteiger partial charge on any atom is 0.165 e. The van der Waals surface area contributed by atoms with Crippen LogP contribution in [-0.4, -0.2) is 19.9 Å². The Kier molecular flexibility index (Phi) is 2.51. The lowest BCUT2D eigenvalue weighted by Crippen LogP contribution is -2.12. The maximum atomic E-state index is 5.11. The summed E-state index contributed by atoms with van der Waals surface area (Å²) in [6.07, 6.45) is 5.08. The number of rotatable bonds is 2. The van der Waals surface area contributed by atoms with E-state index < -0.39 is 0 Å². The number of H-pyrrole nitrogens is 1. The van der Waals surface area contributed by atoms with Gasteiger partial charge in [0.2, 0.25) is 0 Å². The molecule has 2 aromatic rings. The molecule has 0 bridgehead atoms. The Labute approximate surface area is 86.4 Å². The van der Waals surface area contributed by atoms with E-state index in [4.69, 9.17) is 12.2 Å². The smallest absolute Gasteiger partial charge is 0.165 e. The van der Waals surface area contributed by atoms with Gasteiger partial charge in [-0.1, -0.05) is 18.3 Å². The van der Waals surface area contributed by atoms with E-state index in [0.29, 0.717) is 16.6 Å². The molecule has 2 aromatic heterocycles. The van der Waals surface area contributed by atoms with E-state index in [0.717, 1.165) is 0 Å². The van der Waals surface area contributed by atoms with Gasteiger partial charge in [0.05, 0.1) is 0 Å². The molecule has 0 aliphatic rings. The zero-order valence-electron chi connectivity index (χ0n) is 7.27. The van der Waals surface area contributed by atoms with Crippen molar-refractivity contribution in [2.75, 3.05) is 5.32 Å². The zero-order chi connectivity index (χ0) is 9.80. The van der Waals surface area contributed by atoms with E-state index in [1.807, 2.05) is 18.2 Å². The third kappa shape index (κ3) is 1.94. The van der Waals surface area contributed by atoms with Gasteiger partial charge in [-0.15, -0.1) is 0 Å². The van der Waals surface area contributed by atoms with Crippen LogP contribution in [0.5, 0.6) is 0 Å². The first-order valence-corrected chi connectivity index (χ1v) is 4.49. The molecule has 0 fully saturated rings. The van der Waals surface area contributed by atoms with Gasteiger partial charge in [-0.25, -0.2) is 9.97 Å². The van der Waals surface area contributed by atoms with Crippen LogP contribution in [0.1, 0.15) is 5.82 Å². The van der Waals surface area contributed by atoms with Gasteiger partial charge in [0.15, 0.2) is 5.82 Å². The SMILES string of the molecule is S=C(Nc1ccccn1)c1ncc[nH]1. The number of hydrogen-bond acceptors (Lipinski definition) is 3. The molecule has 0 saturated heterocycles. The summed E-state index contributed by atoms with van der Waals surface area (Å²) >= 11 is 5.11. The number of nitrogens with one attached hydrogen (secondary N) is 2. The first-order chi connectivity index (χ1) is 6.86. The quantitative estimate of drug-likeness (QED) is 0.729. The van der Waals surface area contributed by atoms with Gasteiger partial charge >= 0.3 is 0 Å². The molecule has 5 heteroatoms. The molecule has 0 aliphatic heterocycles. The molecule has 4 nitrogen and oxygen atoms in total. The fourth-order valence-electron chi connectivity index (χ4n) is 1.00. The van der Waals surface area contributed by atoms with Crippen molar-refractivity contribution in [1.82, 2.24) is 15.0 Å². The highest BCUT2D eigenvalue weighted by atomic mass is 32.1. The molecular weight excluding hydrogens is 196 g/mol. The lowest BCUT2D eigenvalue weighted by molar-refractivity contribution is 1.26. The average molecular weight is 204 g/mol. The third-order valence-electron chi connectivity index (χ3n) is 1.62. The highest BCUT2D eigenvalue weighted by Gasteiger charge is 2.02. The minimum Gasteiger partial charge on any atom is -0.343 e. The molecule has 2 heterocycles. The van der Waals surface area contributed by atoms with Crippen LogP contribution in [0.25, 0.3) is 0 Å². The first kappa shape index (κ1) is 8.83. The summed E-state index contributed by atoms with van der Waals surface area (Å²) < 4.78 is 0. The lowest BCUT2D eigenvalue weighted by atomic mass is 10.4. The minimum absolute atomic E-state index is 0.536. The molecule has 0 radical (unpaired) electrons. The summed E-state index contributed by atoms with van der Waals surface area (Å²) in [7, 11) is 0. The second kappa shape index (κ2) is 3.97. The number of hydrogen-bond donors (Lipinski definition) is 2. The van der Waals surface area contributed by atoms with E-state index in [2.05, 4.69) is 20.3 Å². The van der Waals surface area contributed by atoms with Crippen molar-refractivity contribution in [2.45, 2.75) is 0 Å². The van der Waals surface area contributed by atoms with Crippen LogP contribution < -0.4 is 5.32 Å². The standard InChI is InChI=1S/C9H8N4S/c14-9(8-11-5-6-12-8)13-7-3-1-2-4-10-7/h1-6H,(H,11,12)(H,10,13,14). The topological polar surface area (TPSA) is 53.6 Å². The summed E-state index contributed by atoms with van der Waals surface area (Å²) in [6, 6.07) is 5.58. The summed E-state index contributed by atoms with van der Waals surface area (Å²) in [4.78, 5) is 11.6. The van der Waals surface area contributed by atoms with E-state index in [1.165, 1.54) is 0 Å². The number of anilines is 1. The minimum atomic E-state index is 0.536. The molecular formula is C9H8N4S. The molecule has 0 aliphatic carbocycles. The molecule has 0 spiro atoms. The molecule has 70 valence electrons. The molecule has 0 unspecified atom stereocenters. The Morgan fingerprint density at radius 2 is 2.21 bits per heavy atom. The Hall–Kier alpha value is -1.75. The van der Waals surface area contributed by atoms with Gasteiger partial charge in [0, 0.05) is 18.6 Å². The van der Waals surface area contributed by atoms with Crippen LogP contribution in [0.4, 0.5) is 5.82 Å². The summed E-state index contributed by atoms with van der Waals surface area (Å²) in [5.41, 5.74) is 0. The van der Waals surface area contributed by atoms with Crippen LogP contribution in [0.2, 0.25) is 0 Å². The number of aromatic nitrogens is 3. The van der Waals surface area contributed by atoms with E-state index in [9.17, 15) is 0 Å². The fourth-order valence-corrected chi connectivity index (χ4v) is 1.22. The van der Waals surface area contributed by atoms with E-state index in [1.54, 1.807) is 18.6 Å². The lowest BCUT2D eigenvalue weighted by Gasteiger charge is -2.03. The summed E-state index contributed by atoms with van der Waals surface area (Å²) in [6.45, 7) is 0. The number of pyridine rings is 1. The predicted octanol–water partition coefficient (Wildman–Crippen LogP) is 1.59. The molecule has 2 rings (SSSR count). The highest BCUT2D eigenvalue weighted by molar-refractivity contribution is 7.81. The van der Waals surface area contributed by atoms with Crippen molar-refractivity contribution in [2.24, 2.45) is 0 Å². The van der Waals surface area contributed by atoms with Gasteiger partial charge in [-0.3, -0.25) is 0 Å². The van der Waals surface area contributed by atoms with Crippen LogP contribution in [0.15, 0.2) is 36.8 Å². The van der Waals surface area contributed by atoms with Gasteiger partial charge < -0.3 is 10.3 Å². The molecule has 0 atom stereocenters. The maximum absolute atomic E-state index is 5.11. The predicted molar refractivity (Wildman–Crippen MR) is 58.1 cm³/mol. The fraction of sp³-hybridized carbons (Fsp3) is 0. The number of thiocarbonyl (C=S) groups is 1. The largest absolute Gasteiger partial charge is 0.343 e. The monoisotopic (exact) mass is 204 g/mol. The number of aromatic amines is 1. The van der Waals surface area contributed by atoms with Crippen molar-refractivity contribution >= 4 is 23.0 Å². The number of imidazole rings is 1. The number of nitrogens with zero attached hydrogens (tertiary/aromatic N) is 2. The van der Waals surface area contributed by atoms with Crippen LogP contribution in [0.3, 0.4) is 0 Å². The molecule has 2 N–H and O–H groups in total. The van der Waals surface area contributed by atoms with Crippen molar-refractivity contribution in [3.8, 4) is 0 Å². The van der Waals surface area contributed by atoms with Crippen LogP contribution in [0, 0.1) is 0 Å². The van der Waals surface area contributed by atoms with Gasteiger partial charge in [-0.05, 0) is 12.1 Å². The Balaban J connectivity index is 2.10. The van der Waals surface area contributed by atoms with E-state index >= 15 is 0 Å². The normalized spacial score (nSPS) is 9.71. The molecule has 0 aromatic carbocycles. The summed E-state index contributed by atoms with van der Waals surface area (Å²) in [5.74, 6) is 1.36. The van der Waals surface area contributed by atoms with Crippen LogP contribution >= 0.6 is 12.2 Å². The van der Waals surface area contributed by atoms with Gasteiger partial charge in [0.1, 0.15) is 10.8 Å². The van der Waals surface area contributed by atoms with Gasteiger partial charge in [-0.2, -0.15) is 0 Å². The Bertz CT molecular complexity index is 410. The van der Waals surface area contributed by atoms with Crippen molar-refractivity contribution < 1.29 is 0 Å².